The Labute approximate surface area is 104 Å². The first-order chi connectivity index (χ1) is 6.77. The third-order valence-corrected chi connectivity index (χ3v) is 3.17. The zero-order chi connectivity index (χ0) is 9.97. The van der Waals surface area contributed by atoms with Crippen molar-refractivity contribution in [3.63, 3.8) is 0 Å². The van der Waals surface area contributed by atoms with Crippen molar-refractivity contribution in [2.75, 3.05) is 0 Å². The average Bonchev–Trinajstić information content (AvgIpc) is 2.52. The van der Waals surface area contributed by atoms with Gasteiger partial charge in [-0.1, -0.05) is 18.2 Å². The van der Waals surface area contributed by atoms with Crippen LogP contribution < -0.4 is 21.8 Å². The maximum absolute atomic E-state index is 4.54. The highest BCUT2D eigenvalue weighted by molar-refractivity contribution is 7.07. The summed E-state index contributed by atoms with van der Waals surface area (Å²) in [6.07, 6.45) is 0. The maximum atomic E-state index is 4.54. The lowest BCUT2D eigenvalue weighted by atomic mass is 10.3. The zero-order valence-corrected chi connectivity index (χ0v) is 11.0. The summed E-state index contributed by atoms with van der Waals surface area (Å²) in [5, 5.41) is 2.11. The van der Waals surface area contributed by atoms with Crippen molar-refractivity contribution in [2.24, 2.45) is 12.0 Å². The summed E-state index contributed by atoms with van der Waals surface area (Å²) < 4.78 is 2.09. The van der Waals surface area contributed by atoms with Crippen LogP contribution in [0.5, 0.6) is 0 Å². The summed E-state index contributed by atoms with van der Waals surface area (Å²) in [4.78, 5) is 5.58. The van der Waals surface area contributed by atoms with E-state index in [0.29, 0.717) is 0 Å². The van der Waals surface area contributed by atoms with Crippen LogP contribution in [0.3, 0.4) is 0 Å². The monoisotopic (exact) mass is 283 g/mol. The number of hydrogen-bond acceptors (Lipinski definition) is 2. The number of para-hydroxylation sites is 1. The van der Waals surface area contributed by atoms with Crippen molar-refractivity contribution < 1.29 is 17.0 Å². The zero-order valence-electron chi connectivity index (χ0n) is 8.64. The van der Waals surface area contributed by atoms with Crippen LogP contribution in [0, 0.1) is 6.92 Å². The maximum Gasteiger partial charge on any atom is 0.189 e. The number of halogens is 1. The van der Waals surface area contributed by atoms with E-state index in [2.05, 4.69) is 21.9 Å². The van der Waals surface area contributed by atoms with Crippen molar-refractivity contribution in [3.8, 4) is 0 Å². The van der Waals surface area contributed by atoms with E-state index in [1.54, 1.807) is 11.3 Å². The van der Waals surface area contributed by atoms with Gasteiger partial charge in [0.1, 0.15) is 0 Å². The molecule has 4 heteroatoms. The standard InChI is InChI=1S/C11H12N2S.BrH/c1-9-8-14-11(13(9)2)12-10-6-4-3-5-7-10;/h3-8H,1-2H3;1H/p-1. The molecule has 0 N–H and O–H groups in total. The largest absolute Gasteiger partial charge is 1.00 e. The van der Waals surface area contributed by atoms with E-state index in [1.165, 1.54) is 5.69 Å². The molecule has 0 amide bonds. The molecule has 0 aliphatic carbocycles. The predicted molar refractivity (Wildman–Crippen MR) is 59.7 cm³/mol. The molecule has 0 fully saturated rings. The molecule has 0 saturated heterocycles. The van der Waals surface area contributed by atoms with Crippen LogP contribution in [0.4, 0.5) is 5.69 Å². The Balaban J connectivity index is 0.00000112. The van der Waals surface area contributed by atoms with Gasteiger partial charge in [-0.3, -0.25) is 0 Å². The Morgan fingerprint density at radius 1 is 1.20 bits per heavy atom. The van der Waals surface area contributed by atoms with Crippen molar-refractivity contribution >= 4 is 17.0 Å². The number of thiazole rings is 1. The first-order valence-corrected chi connectivity index (χ1v) is 5.36. The molecule has 1 aromatic heterocycles. The molecule has 80 valence electrons. The molecule has 2 nitrogen and oxygen atoms in total. The fraction of sp³-hybridized carbons (Fsp3) is 0.182. The minimum Gasteiger partial charge on any atom is -1.00 e. The Kier molecular flexibility index (Phi) is 4.29. The molecule has 0 bridgehead atoms. The normalized spacial score (nSPS) is 11.2. The number of benzene rings is 1. The lowest BCUT2D eigenvalue weighted by Crippen LogP contribution is -3.00. The van der Waals surface area contributed by atoms with Gasteiger partial charge >= 0.3 is 0 Å². The van der Waals surface area contributed by atoms with Crippen LogP contribution in [-0.4, -0.2) is 4.57 Å². The Morgan fingerprint density at radius 3 is 2.40 bits per heavy atom. The Hall–Kier alpha value is -0.870. The minimum atomic E-state index is 0. The van der Waals surface area contributed by atoms with Gasteiger partial charge in [0, 0.05) is 18.1 Å². The molecule has 0 saturated carbocycles. The molecule has 1 aromatic carbocycles. The fourth-order valence-electron chi connectivity index (χ4n) is 1.16. The van der Waals surface area contributed by atoms with Crippen molar-refractivity contribution in [1.29, 1.82) is 0 Å². The molecule has 15 heavy (non-hydrogen) atoms. The van der Waals surface area contributed by atoms with E-state index < -0.39 is 0 Å². The highest BCUT2D eigenvalue weighted by atomic mass is 79.9. The van der Waals surface area contributed by atoms with E-state index in [4.69, 9.17) is 0 Å². The first-order valence-electron chi connectivity index (χ1n) is 4.48. The molecule has 2 rings (SSSR count). The number of aryl methyl sites for hydroxylation is 1. The fourth-order valence-corrected chi connectivity index (χ4v) is 2.06. The second kappa shape index (κ2) is 5.28. The van der Waals surface area contributed by atoms with Gasteiger partial charge in [-0.05, 0) is 19.1 Å². The molecule has 2 aromatic rings. The van der Waals surface area contributed by atoms with Gasteiger partial charge in [0.15, 0.2) is 4.80 Å². The molecule has 0 unspecified atom stereocenters. The van der Waals surface area contributed by atoms with E-state index in [-0.39, 0.29) is 17.0 Å². The summed E-state index contributed by atoms with van der Waals surface area (Å²) in [6.45, 7) is 2.08. The summed E-state index contributed by atoms with van der Waals surface area (Å²) in [7, 11) is 2.04. The van der Waals surface area contributed by atoms with Crippen LogP contribution in [0.15, 0.2) is 40.7 Å². The van der Waals surface area contributed by atoms with Crippen LogP contribution in [0.25, 0.3) is 0 Å². The van der Waals surface area contributed by atoms with Gasteiger partial charge in [-0.25, -0.2) is 4.99 Å². The van der Waals surface area contributed by atoms with E-state index in [1.807, 2.05) is 37.4 Å². The van der Waals surface area contributed by atoms with Crippen molar-refractivity contribution in [1.82, 2.24) is 4.57 Å². The molecule has 0 spiro atoms. The highest BCUT2D eigenvalue weighted by Crippen LogP contribution is 2.09. The lowest BCUT2D eigenvalue weighted by Gasteiger charge is -1.94. The van der Waals surface area contributed by atoms with Gasteiger partial charge < -0.3 is 21.5 Å². The van der Waals surface area contributed by atoms with Crippen molar-refractivity contribution in [3.05, 3.63) is 46.2 Å². The lowest BCUT2D eigenvalue weighted by molar-refractivity contribution is -0.00000296. The third kappa shape index (κ3) is 2.79. The third-order valence-electron chi connectivity index (χ3n) is 2.13. The Bertz CT molecular complexity index is 485. The second-order valence-electron chi connectivity index (χ2n) is 3.17. The van der Waals surface area contributed by atoms with Crippen LogP contribution in [-0.2, 0) is 7.05 Å². The Morgan fingerprint density at radius 2 is 1.87 bits per heavy atom. The molecule has 0 atom stereocenters. The minimum absolute atomic E-state index is 0. The van der Waals surface area contributed by atoms with E-state index >= 15 is 0 Å². The van der Waals surface area contributed by atoms with E-state index in [9.17, 15) is 0 Å². The first kappa shape index (κ1) is 12.2. The summed E-state index contributed by atoms with van der Waals surface area (Å²) >= 11 is 1.67. The summed E-state index contributed by atoms with van der Waals surface area (Å²) in [6, 6.07) is 10.0. The number of hydrogen-bond donors (Lipinski definition) is 0. The number of nitrogens with zero attached hydrogens (tertiary/aromatic N) is 2. The van der Waals surface area contributed by atoms with Gasteiger partial charge in [-0.15, -0.1) is 11.3 Å². The summed E-state index contributed by atoms with van der Waals surface area (Å²) in [5.41, 5.74) is 2.25. The van der Waals surface area contributed by atoms with E-state index in [0.717, 1.165) is 10.5 Å². The van der Waals surface area contributed by atoms with Crippen LogP contribution in [0.2, 0.25) is 0 Å². The second-order valence-corrected chi connectivity index (χ2v) is 4.00. The molecule has 1 heterocycles. The molecule has 0 aliphatic heterocycles. The summed E-state index contributed by atoms with van der Waals surface area (Å²) in [5.74, 6) is 0. The molecule has 0 radical (unpaired) electrons. The SMILES string of the molecule is Cc1csc(=Nc2ccccc2)n1C.[Br-]. The van der Waals surface area contributed by atoms with Gasteiger partial charge in [0.05, 0.1) is 5.69 Å². The molecule has 0 aliphatic rings. The molecular weight excluding hydrogens is 272 g/mol. The van der Waals surface area contributed by atoms with Crippen LogP contribution >= 0.6 is 11.3 Å². The topological polar surface area (TPSA) is 17.3 Å². The van der Waals surface area contributed by atoms with Gasteiger partial charge in [-0.2, -0.15) is 0 Å². The van der Waals surface area contributed by atoms with Crippen LogP contribution in [0.1, 0.15) is 5.69 Å². The van der Waals surface area contributed by atoms with Gasteiger partial charge in [0.2, 0.25) is 0 Å². The smallest absolute Gasteiger partial charge is 0.189 e. The average molecular weight is 284 g/mol. The van der Waals surface area contributed by atoms with Gasteiger partial charge in [0.25, 0.3) is 0 Å². The quantitative estimate of drug-likeness (QED) is 0.680. The highest BCUT2D eigenvalue weighted by Gasteiger charge is 1.94. The molecular formula is C11H12BrN2S-. The predicted octanol–water partition coefficient (Wildman–Crippen LogP) is -0.369. The van der Waals surface area contributed by atoms with Crippen molar-refractivity contribution in [2.45, 2.75) is 6.92 Å². The number of aromatic nitrogens is 1. The number of rotatable bonds is 1.